The molecule has 0 saturated heterocycles. The van der Waals surface area contributed by atoms with Gasteiger partial charge in [-0.25, -0.2) is 0 Å². The van der Waals surface area contributed by atoms with E-state index in [2.05, 4.69) is 30.0 Å². The molecule has 0 radical (unpaired) electrons. The van der Waals surface area contributed by atoms with Gasteiger partial charge >= 0.3 is 0 Å². The number of amides is 2. The molecule has 1 unspecified atom stereocenters. The number of hydrogen-bond acceptors (Lipinski definition) is 5. The van der Waals surface area contributed by atoms with Crippen LogP contribution in [-0.4, -0.2) is 30.6 Å². The molecule has 3 N–H and O–H groups in total. The molecule has 1 atom stereocenters. The lowest BCUT2D eigenvalue weighted by Crippen LogP contribution is -2.49. The van der Waals surface area contributed by atoms with Gasteiger partial charge in [0.05, 0.1) is 7.11 Å². The number of carbonyl (C=O) groups excluding carboxylic acids is 2. The van der Waals surface area contributed by atoms with E-state index in [1.54, 1.807) is 19.3 Å². The van der Waals surface area contributed by atoms with Crippen molar-refractivity contribution in [1.82, 2.24) is 16.2 Å². The van der Waals surface area contributed by atoms with Gasteiger partial charge in [0.15, 0.2) is 11.7 Å². The zero-order valence-corrected chi connectivity index (χ0v) is 18.6. The van der Waals surface area contributed by atoms with Crippen molar-refractivity contribution in [3.05, 3.63) is 65.7 Å². The van der Waals surface area contributed by atoms with Crippen LogP contribution in [0.4, 0.5) is 0 Å². The molecule has 2 amide bonds. The first-order valence-electron chi connectivity index (χ1n) is 9.87. The number of hydrogen-bond donors (Lipinski definition) is 3. The van der Waals surface area contributed by atoms with Crippen LogP contribution < -0.4 is 25.6 Å². The van der Waals surface area contributed by atoms with E-state index in [0.29, 0.717) is 17.4 Å². The van der Waals surface area contributed by atoms with Gasteiger partial charge in [0.2, 0.25) is 5.91 Å². The van der Waals surface area contributed by atoms with E-state index in [1.807, 2.05) is 42.5 Å². The van der Waals surface area contributed by atoms with E-state index in [1.165, 1.54) is 6.08 Å². The molecule has 2 aromatic rings. The second-order valence-electron chi connectivity index (χ2n) is 6.70. The van der Waals surface area contributed by atoms with Crippen molar-refractivity contribution < 1.29 is 19.1 Å². The van der Waals surface area contributed by atoms with Crippen LogP contribution in [0.25, 0.3) is 6.08 Å². The molecule has 0 aliphatic rings. The predicted molar refractivity (Wildman–Crippen MR) is 125 cm³/mol. The first-order chi connectivity index (χ1) is 14.9. The zero-order chi connectivity index (χ0) is 22.6. The van der Waals surface area contributed by atoms with Crippen LogP contribution in [0.3, 0.4) is 0 Å². The van der Waals surface area contributed by atoms with Crippen molar-refractivity contribution in [3.8, 4) is 11.5 Å². The summed E-state index contributed by atoms with van der Waals surface area (Å²) in [6.07, 6.45) is 3.90. The fourth-order valence-corrected chi connectivity index (χ4v) is 2.85. The van der Waals surface area contributed by atoms with Gasteiger partial charge in [0, 0.05) is 11.6 Å². The number of rotatable bonds is 8. The minimum Gasteiger partial charge on any atom is -0.496 e. The SMILES string of the molecule is CCC(C)c1ccccc1OCC(=O)NNC(=S)NC(=O)C=Cc1ccccc1OC. The Hall–Kier alpha value is -3.39. The Kier molecular flexibility index (Phi) is 9.51. The fourth-order valence-electron chi connectivity index (χ4n) is 2.70. The molecule has 0 spiro atoms. The number of ether oxygens (including phenoxy) is 2. The summed E-state index contributed by atoms with van der Waals surface area (Å²) in [6.45, 7) is 4.01. The second-order valence-corrected chi connectivity index (χ2v) is 7.11. The highest BCUT2D eigenvalue weighted by atomic mass is 32.1. The van der Waals surface area contributed by atoms with Crippen LogP contribution in [0.1, 0.15) is 37.3 Å². The van der Waals surface area contributed by atoms with Crippen molar-refractivity contribution in [2.24, 2.45) is 0 Å². The molecular formula is C23H27N3O4S. The molecule has 0 saturated carbocycles. The van der Waals surface area contributed by atoms with Crippen LogP contribution in [0.2, 0.25) is 0 Å². The molecule has 0 fully saturated rings. The van der Waals surface area contributed by atoms with Gasteiger partial charge < -0.3 is 9.47 Å². The maximum Gasteiger partial charge on any atom is 0.276 e. The minimum absolute atomic E-state index is 0.0389. The maximum absolute atomic E-state index is 12.0. The third-order valence-electron chi connectivity index (χ3n) is 4.53. The van der Waals surface area contributed by atoms with Gasteiger partial charge in [-0.2, -0.15) is 0 Å². The highest BCUT2D eigenvalue weighted by Gasteiger charge is 2.11. The van der Waals surface area contributed by atoms with E-state index in [9.17, 15) is 9.59 Å². The van der Waals surface area contributed by atoms with Gasteiger partial charge in [-0.05, 0) is 48.3 Å². The summed E-state index contributed by atoms with van der Waals surface area (Å²) in [4.78, 5) is 24.0. The molecule has 0 aliphatic heterocycles. The maximum atomic E-state index is 12.0. The number of para-hydroxylation sites is 2. The summed E-state index contributed by atoms with van der Waals surface area (Å²) in [7, 11) is 1.56. The van der Waals surface area contributed by atoms with E-state index in [4.69, 9.17) is 21.7 Å². The molecular weight excluding hydrogens is 414 g/mol. The van der Waals surface area contributed by atoms with Gasteiger partial charge in [-0.1, -0.05) is 50.2 Å². The normalized spacial score (nSPS) is 11.5. The van der Waals surface area contributed by atoms with Gasteiger partial charge in [-0.15, -0.1) is 0 Å². The minimum atomic E-state index is -0.448. The predicted octanol–water partition coefficient (Wildman–Crippen LogP) is 3.32. The van der Waals surface area contributed by atoms with E-state index in [-0.39, 0.29) is 11.7 Å². The van der Waals surface area contributed by atoms with Crippen LogP contribution in [0.5, 0.6) is 11.5 Å². The standard InChI is InChI=1S/C23H27N3O4S/c1-4-16(2)18-10-6-8-12-20(18)30-15-22(28)25-26-23(31)24-21(27)14-13-17-9-5-7-11-19(17)29-3/h5-14,16H,4,15H2,1-3H3,(H,25,28)(H2,24,26,27,31). The summed E-state index contributed by atoms with van der Waals surface area (Å²) >= 11 is 5.02. The fraction of sp³-hybridized carbons (Fsp3) is 0.261. The molecule has 7 nitrogen and oxygen atoms in total. The quantitative estimate of drug-likeness (QED) is 0.331. The van der Waals surface area contributed by atoms with Crippen LogP contribution in [0, 0.1) is 0 Å². The summed E-state index contributed by atoms with van der Waals surface area (Å²) in [5.74, 6) is 0.763. The Labute approximate surface area is 187 Å². The number of methoxy groups -OCH3 is 1. The van der Waals surface area contributed by atoms with Crippen molar-refractivity contribution in [3.63, 3.8) is 0 Å². The lowest BCUT2D eigenvalue weighted by molar-refractivity contribution is -0.123. The van der Waals surface area contributed by atoms with Crippen molar-refractivity contribution >= 4 is 35.2 Å². The Morgan fingerprint density at radius 3 is 2.45 bits per heavy atom. The molecule has 0 aliphatic carbocycles. The summed E-state index contributed by atoms with van der Waals surface area (Å²) in [5.41, 5.74) is 6.68. The highest BCUT2D eigenvalue weighted by Crippen LogP contribution is 2.28. The monoisotopic (exact) mass is 441 g/mol. The average molecular weight is 442 g/mol. The summed E-state index contributed by atoms with van der Waals surface area (Å²) in [6, 6.07) is 14.9. The molecule has 2 rings (SSSR count). The molecule has 0 aromatic heterocycles. The Balaban J connectivity index is 1.78. The van der Waals surface area contributed by atoms with Crippen LogP contribution in [-0.2, 0) is 9.59 Å². The molecule has 0 bridgehead atoms. The van der Waals surface area contributed by atoms with Crippen LogP contribution >= 0.6 is 12.2 Å². The van der Waals surface area contributed by atoms with Crippen molar-refractivity contribution in [2.45, 2.75) is 26.2 Å². The van der Waals surface area contributed by atoms with Gasteiger partial charge in [-0.3, -0.25) is 25.8 Å². The average Bonchev–Trinajstić information content (AvgIpc) is 2.79. The third-order valence-corrected chi connectivity index (χ3v) is 4.73. The van der Waals surface area contributed by atoms with E-state index >= 15 is 0 Å². The Morgan fingerprint density at radius 2 is 1.74 bits per heavy atom. The smallest absolute Gasteiger partial charge is 0.276 e. The zero-order valence-electron chi connectivity index (χ0n) is 17.8. The Bertz CT molecular complexity index is 946. The molecule has 8 heteroatoms. The number of nitrogens with one attached hydrogen (secondary N) is 3. The molecule has 0 heterocycles. The molecule has 31 heavy (non-hydrogen) atoms. The second kappa shape index (κ2) is 12.3. The van der Waals surface area contributed by atoms with E-state index in [0.717, 1.165) is 17.5 Å². The first-order valence-corrected chi connectivity index (χ1v) is 10.3. The summed E-state index contributed by atoms with van der Waals surface area (Å²) in [5, 5.41) is 2.41. The van der Waals surface area contributed by atoms with E-state index < -0.39 is 11.8 Å². The Morgan fingerprint density at radius 1 is 1.06 bits per heavy atom. The van der Waals surface area contributed by atoms with Gasteiger partial charge in [0.1, 0.15) is 11.5 Å². The van der Waals surface area contributed by atoms with Crippen LogP contribution in [0.15, 0.2) is 54.6 Å². The number of carbonyl (C=O) groups is 2. The van der Waals surface area contributed by atoms with Crippen molar-refractivity contribution in [2.75, 3.05) is 13.7 Å². The first kappa shape index (κ1) is 23.9. The topological polar surface area (TPSA) is 88.7 Å². The van der Waals surface area contributed by atoms with Crippen molar-refractivity contribution in [1.29, 1.82) is 0 Å². The highest BCUT2D eigenvalue weighted by molar-refractivity contribution is 7.80. The molecule has 164 valence electrons. The number of benzene rings is 2. The molecule has 2 aromatic carbocycles. The number of thiocarbonyl (C=S) groups is 1. The lowest BCUT2D eigenvalue weighted by Gasteiger charge is -2.16. The van der Waals surface area contributed by atoms with Gasteiger partial charge in [0.25, 0.3) is 5.91 Å². The summed E-state index contributed by atoms with van der Waals surface area (Å²) < 4.78 is 10.9. The number of hydrazine groups is 1. The lowest BCUT2D eigenvalue weighted by atomic mass is 9.98. The largest absolute Gasteiger partial charge is 0.496 e. The third kappa shape index (κ3) is 7.75.